The predicted molar refractivity (Wildman–Crippen MR) is 81.9 cm³/mol. The zero-order valence-corrected chi connectivity index (χ0v) is 13.8. The fraction of sp³-hybridized carbons (Fsp3) is 0.636. The highest BCUT2D eigenvalue weighted by Gasteiger charge is 2.30. The van der Waals surface area contributed by atoms with Gasteiger partial charge in [-0.3, -0.25) is 0 Å². The topological polar surface area (TPSA) is 63.4 Å². The predicted octanol–water partition coefficient (Wildman–Crippen LogP) is 2.49. The maximum atomic E-state index is 12.4. The van der Waals surface area contributed by atoms with Gasteiger partial charge in [0.15, 0.2) is 0 Å². The van der Waals surface area contributed by atoms with Crippen molar-refractivity contribution in [3.63, 3.8) is 0 Å². The number of piperidine rings is 1. The van der Waals surface area contributed by atoms with Gasteiger partial charge in [-0.05, 0) is 43.9 Å². The van der Waals surface area contributed by atoms with E-state index in [9.17, 15) is 8.42 Å². The molecule has 110 valence electrons. The van der Waals surface area contributed by atoms with Crippen molar-refractivity contribution >= 4 is 45.4 Å². The van der Waals surface area contributed by atoms with Crippen LogP contribution in [0.5, 0.6) is 0 Å². The Hall–Kier alpha value is 0.150. The standard InChI is InChI=1S/C11H17ClN2O2S2.ClH/c1-8-6-10(17-11(8)12)18(15,16)14-4-2-9(7-13)3-5-14;/h6,9H,2-5,7,13H2,1H3;1H. The lowest BCUT2D eigenvalue weighted by atomic mass is 9.99. The van der Waals surface area contributed by atoms with Crippen LogP contribution in [-0.2, 0) is 10.0 Å². The van der Waals surface area contributed by atoms with Crippen LogP contribution in [0, 0.1) is 12.8 Å². The van der Waals surface area contributed by atoms with E-state index < -0.39 is 10.0 Å². The number of sulfonamides is 1. The van der Waals surface area contributed by atoms with E-state index in [1.165, 1.54) is 0 Å². The molecule has 0 aromatic carbocycles. The molecule has 1 aromatic heterocycles. The largest absolute Gasteiger partial charge is 0.330 e. The van der Waals surface area contributed by atoms with E-state index in [1.807, 2.05) is 6.92 Å². The molecule has 2 N–H and O–H groups in total. The third-order valence-electron chi connectivity index (χ3n) is 3.34. The number of thiophene rings is 1. The quantitative estimate of drug-likeness (QED) is 0.915. The van der Waals surface area contributed by atoms with E-state index in [-0.39, 0.29) is 12.4 Å². The highest BCUT2D eigenvalue weighted by atomic mass is 35.5. The summed E-state index contributed by atoms with van der Waals surface area (Å²) >= 11 is 7.07. The first-order valence-corrected chi connectivity index (χ1v) is 8.54. The van der Waals surface area contributed by atoms with E-state index in [0.717, 1.165) is 29.7 Å². The van der Waals surface area contributed by atoms with Crippen LogP contribution in [0.2, 0.25) is 4.34 Å². The number of nitrogens with zero attached hydrogens (tertiary/aromatic N) is 1. The Morgan fingerprint density at radius 1 is 1.47 bits per heavy atom. The fourth-order valence-corrected chi connectivity index (χ4v) is 5.40. The maximum Gasteiger partial charge on any atom is 0.252 e. The minimum Gasteiger partial charge on any atom is -0.330 e. The number of hydrogen-bond acceptors (Lipinski definition) is 4. The van der Waals surface area contributed by atoms with E-state index in [0.29, 0.717) is 34.1 Å². The van der Waals surface area contributed by atoms with Gasteiger partial charge in [0.2, 0.25) is 0 Å². The molecule has 0 aliphatic carbocycles. The Kier molecular flexibility index (Phi) is 6.10. The molecule has 0 amide bonds. The molecule has 1 fully saturated rings. The Morgan fingerprint density at radius 3 is 2.47 bits per heavy atom. The lowest BCUT2D eigenvalue weighted by Gasteiger charge is -2.30. The summed E-state index contributed by atoms with van der Waals surface area (Å²) in [5, 5.41) is 0. The first-order chi connectivity index (χ1) is 8.45. The molecule has 19 heavy (non-hydrogen) atoms. The second-order valence-corrected chi connectivity index (χ2v) is 8.42. The van der Waals surface area contributed by atoms with Crippen LogP contribution in [0.25, 0.3) is 0 Å². The third kappa shape index (κ3) is 3.62. The van der Waals surface area contributed by atoms with Gasteiger partial charge in [-0.25, -0.2) is 8.42 Å². The van der Waals surface area contributed by atoms with Crippen LogP contribution < -0.4 is 5.73 Å². The van der Waals surface area contributed by atoms with Crippen LogP contribution in [0.15, 0.2) is 10.3 Å². The Balaban J connectivity index is 0.00000180. The van der Waals surface area contributed by atoms with Crippen LogP contribution in [-0.4, -0.2) is 32.4 Å². The molecule has 2 rings (SSSR count). The number of hydrogen-bond donors (Lipinski definition) is 1. The highest BCUT2D eigenvalue weighted by molar-refractivity contribution is 7.91. The van der Waals surface area contributed by atoms with Crippen molar-refractivity contribution in [2.75, 3.05) is 19.6 Å². The third-order valence-corrected chi connectivity index (χ3v) is 7.24. The van der Waals surface area contributed by atoms with Crippen molar-refractivity contribution < 1.29 is 8.42 Å². The highest BCUT2D eigenvalue weighted by Crippen LogP contribution is 2.33. The van der Waals surface area contributed by atoms with Crippen LogP contribution in [0.1, 0.15) is 18.4 Å². The van der Waals surface area contributed by atoms with Gasteiger partial charge < -0.3 is 5.73 Å². The summed E-state index contributed by atoms with van der Waals surface area (Å²) in [6.07, 6.45) is 1.68. The Labute approximate surface area is 129 Å². The number of halogens is 2. The van der Waals surface area contributed by atoms with Crippen molar-refractivity contribution in [2.24, 2.45) is 11.7 Å². The number of nitrogens with two attached hydrogens (primary N) is 1. The van der Waals surface area contributed by atoms with Gasteiger partial charge in [0, 0.05) is 13.1 Å². The summed E-state index contributed by atoms with van der Waals surface area (Å²) in [6.45, 7) is 3.56. The minimum absolute atomic E-state index is 0. The van der Waals surface area contributed by atoms with Crippen LogP contribution >= 0.6 is 35.3 Å². The average Bonchev–Trinajstić information content (AvgIpc) is 2.70. The molecular weight excluding hydrogens is 327 g/mol. The molecule has 0 bridgehead atoms. The SMILES string of the molecule is Cc1cc(S(=O)(=O)N2CCC(CN)CC2)sc1Cl.Cl. The second-order valence-electron chi connectivity index (χ2n) is 4.61. The van der Waals surface area contributed by atoms with Crippen molar-refractivity contribution in [2.45, 2.75) is 24.0 Å². The fourth-order valence-electron chi connectivity index (χ4n) is 2.07. The van der Waals surface area contributed by atoms with E-state index >= 15 is 0 Å². The van der Waals surface area contributed by atoms with Crippen molar-refractivity contribution in [1.29, 1.82) is 0 Å². The molecule has 1 aliphatic heterocycles. The molecule has 1 aromatic rings. The summed E-state index contributed by atoms with van der Waals surface area (Å²) in [6, 6.07) is 1.65. The van der Waals surface area contributed by atoms with Gasteiger partial charge in [-0.1, -0.05) is 11.6 Å². The summed E-state index contributed by atoms with van der Waals surface area (Å²) in [5.74, 6) is 0.449. The van der Waals surface area contributed by atoms with Crippen LogP contribution in [0.4, 0.5) is 0 Å². The summed E-state index contributed by atoms with van der Waals surface area (Å²) < 4.78 is 27.2. The summed E-state index contributed by atoms with van der Waals surface area (Å²) in [5.41, 5.74) is 6.43. The molecular formula is C11H18Cl2N2O2S2. The van der Waals surface area contributed by atoms with Gasteiger partial charge >= 0.3 is 0 Å². The van der Waals surface area contributed by atoms with Crippen molar-refractivity contribution in [3.05, 3.63) is 16.0 Å². The normalized spacial score (nSPS) is 18.3. The number of aryl methyl sites for hydroxylation is 1. The molecule has 0 spiro atoms. The van der Waals surface area contributed by atoms with Crippen LogP contribution in [0.3, 0.4) is 0 Å². The second kappa shape index (κ2) is 6.74. The molecule has 4 nitrogen and oxygen atoms in total. The van der Waals surface area contributed by atoms with Crippen molar-refractivity contribution in [3.8, 4) is 0 Å². The van der Waals surface area contributed by atoms with Gasteiger partial charge in [0.25, 0.3) is 10.0 Å². The molecule has 0 unspecified atom stereocenters. The van der Waals surface area contributed by atoms with E-state index in [4.69, 9.17) is 17.3 Å². The summed E-state index contributed by atoms with van der Waals surface area (Å²) in [4.78, 5) is 0. The Morgan fingerprint density at radius 2 is 2.05 bits per heavy atom. The molecule has 8 heteroatoms. The minimum atomic E-state index is -3.37. The first-order valence-electron chi connectivity index (χ1n) is 5.91. The molecule has 0 radical (unpaired) electrons. The van der Waals surface area contributed by atoms with Gasteiger partial charge in [0.1, 0.15) is 4.21 Å². The molecule has 1 saturated heterocycles. The van der Waals surface area contributed by atoms with E-state index in [2.05, 4.69) is 0 Å². The maximum absolute atomic E-state index is 12.4. The lowest BCUT2D eigenvalue weighted by Crippen LogP contribution is -2.39. The smallest absolute Gasteiger partial charge is 0.252 e. The van der Waals surface area contributed by atoms with Gasteiger partial charge in [-0.15, -0.1) is 23.7 Å². The molecule has 0 atom stereocenters. The van der Waals surface area contributed by atoms with Gasteiger partial charge in [0.05, 0.1) is 4.34 Å². The van der Waals surface area contributed by atoms with Gasteiger partial charge in [-0.2, -0.15) is 4.31 Å². The Bertz CT molecular complexity index is 503. The zero-order chi connectivity index (χ0) is 13.3. The summed E-state index contributed by atoms with van der Waals surface area (Å²) in [7, 11) is -3.37. The monoisotopic (exact) mass is 344 g/mol. The van der Waals surface area contributed by atoms with Crippen molar-refractivity contribution in [1.82, 2.24) is 4.31 Å². The molecule has 0 saturated carbocycles. The van der Waals surface area contributed by atoms with E-state index in [1.54, 1.807) is 10.4 Å². The lowest BCUT2D eigenvalue weighted by molar-refractivity contribution is 0.279. The number of rotatable bonds is 3. The average molecular weight is 345 g/mol. The molecule has 1 aliphatic rings. The zero-order valence-electron chi connectivity index (χ0n) is 10.6. The molecule has 2 heterocycles. The first kappa shape index (κ1) is 17.2.